The van der Waals surface area contributed by atoms with Gasteiger partial charge in [-0.05, 0) is 37.5 Å². The van der Waals surface area contributed by atoms with Gasteiger partial charge in [0.25, 0.3) is 0 Å². The molecule has 0 aromatic carbocycles. The number of rotatable bonds is 14. The average Bonchev–Trinajstić information content (AvgIpc) is 2.86. The Labute approximate surface area is 165 Å². The Hall–Kier alpha value is -1.37. The summed E-state index contributed by atoms with van der Waals surface area (Å²) in [6.07, 6.45) is 2.24. The molecule has 0 bridgehead atoms. The van der Waals surface area contributed by atoms with Gasteiger partial charge in [-0.1, -0.05) is 33.1 Å². The largest absolute Gasteiger partial charge is 0.481 e. The molecule has 0 amide bonds. The van der Waals surface area contributed by atoms with Gasteiger partial charge in [0.1, 0.15) is 5.78 Å². The zero-order chi connectivity index (χ0) is 21.3. The van der Waals surface area contributed by atoms with E-state index in [1.807, 2.05) is 13.8 Å². The number of ketones is 2. The molecule has 0 radical (unpaired) electrons. The number of Topliss-reactive ketones (excluding diaryl/α,β-unsaturated/α-hetero) is 2. The lowest BCUT2D eigenvalue weighted by Crippen LogP contribution is -2.30. The number of aliphatic hydroxyl groups is 1. The Morgan fingerprint density at radius 1 is 1.11 bits per heavy atom. The predicted molar refractivity (Wildman–Crippen MR) is 101 cm³/mol. The first-order chi connectivity index (χ1) is 13.0. The van der Waals surface area contributed by atoms with Crippen molar-refractivity contribution in [3.63, 3.8) is 0 Å². The van der Waals surface area contributed by atoms with Gasteiger partial charge in [0.05, 0.1) is 6.10 Å². The van der Waals surface area contributed by atoms with Gasteiger partial charge < -0.3 is 10.2 Å². The van der Waals surface area contributed by atoms with Crippen LogP contribution in [0.5, 0.6) is 0 Å². The molecule has 2 N–H and O–H groups in total. The third-order valence-electron chi connectivity index (χ3n) is 5.64. The summed E-state index contributed by atoms with van der Waals surface area (Å²) >= 11 is 0. The Morgan fingerprint density at radius 2 is 1.75 bits per heavy atom. The van der Waals surface area contributed by atoms with Crippen LogP contribution in [0.1, 0.15) is 84.5 Å². The van der Waals surface area contributed by atoms with E-state index in [0.717, 1.165) is 19.3 Å². The second-order valence-electron chi connectivity index (χ2n) is 8.45. The maximum absolute atomic E-state index is 14.0. The summed E-state index contributed by atoms with van der Waals surface area (Å²) < 4.78 is 28.0. The number of hydrogen-bond donors (Lipinski definition) is 2. The number of alkyl halides is 2. The van der Waals surface area contributed by atoms with Crippen molar-refractivity contribution in [1.82, 2.24) is 0 Å². The monoisotopic (exact) mass is 404 g/mol. The van der Waals surface area contributed by atoms with Crippen molar-refractivity contribution in [2.45, 2.75) is 96.5 Å². The summed E-state index contributed by atoms with van der Waals surface area (Å²) in [5.41, 5.74) is 0. The quantitative estimate of drug-likeness (QED) is 0.419. The van der Waals surface area contributed by atoms with E-state index in [0.29, 0.717) is 12.8 Å². The van der Waals surface area contributed by atoms with Gasteiger partial charge in [-0.15, -0.1) is 0 Å². The molecule has 1 fully saturated rings. The molecule has 0 spiro atoms. The standard InChI is InChI=1S/C21H34F2O5/c1-14(2)11-12-21(22,23)19(26)10-9-16-15(17(24)13-18(16)25)7-5-3-4-6-8-20(27)28/h14-16,18,25H,3-13H2,1-2H3,(H,27,28)/t15?,16-,18-/m1/s1. The second kappa shape index (κ2) is 11.6. The third-order valence-corrected chi connectivity index (χ3v) is 5.64. The number of halogens is 2. The third kappa shape index (κ3) is 8.33. The fraction of sp³-hybridized carbons (Fsp3) is 0.857. The van der Waals surface area contributed by atoms with Crippen molar-refractivity contribution in [1.29, 1.82) is 0 Å². The number of carboxylic acid groups (broad SMARTS) is 1. The predicted octanol–water partition coefficient (Wildman–Crippen LogP) is 4.40. The van der Waals surface area contributed by atoms with E-state index in [1.54, 1.807) is 0 Å². The van der Waals surface area contributed by atoms with Crippen LogP contribution in [0.15, 0.2) is 0 Å². The van der Waals surface area contributed by atoms with E-state index in [-0.39, 0.29) is 43.8 Å². The first-order valence-corrected chi connectivity index (χ1v) is 10.4. The lowest BCUT2D eigenvalue weighted by atomic mass is 9.84. The minimum atomic E-state index is -3.35. The molecule has 0 saturated heterocycles. The maximum Gasteiger partial charge on any atom is 0.305 e. The summed E-state index contributed by atoms with van der Waals surface area (Å²) in [5, 5.41) is 18.7. The fourth-order valence-electron chi connectivity index (χ4n) is 3.87. The maximum atomic E-state index is 14.0. The SMILES string of the molecule is CC(C)CCC(F)(F)C(=O)CC[C@@H]1C(CCCCCCC(=O)O)C(=O)C[C@H]1O. The summed E-state index contributed by atoms with van der Waals surface area (Å²) in [5.74, 6) is -6.11. The minimum Gasteiger partial charge on any atom is -0.481 e. The van der Waals surface area contributed by atoms with Gasteiger partial charge >= 0.3 is 11.9 Å². The van der Waals surface area contributed by atoms with Crippen molar-refractivity contribution < 1.29 is 33.4 Å². The van der Waals surface area contributed by atoms with Gasteiger partial charge in [-0.3, -0.25) is 14.4 Å². The first-order valence-electron chi connectivity index (χ1n) is 10.4. The van der Waals surface area contributed by atoms with Crippen LogP contribution in [0, 0.1) is 17.8 Å². The molecule has 1 rings (SSSR count). The molecule has 1 saturated carbocycles. The Morgan fingerprint density at radius 3 is 2.36 bits per heavy atom. The molecular weight excluding hydrogens is 370 g/mol. The lowest BCUT2D eigenvalue weighted by molar-refractivity contribution is -0.145. The van der Waals surface area contributed by atoms with Crippen LogP contribution >= 0.6 is 0 Å². The highest BCUT2D eigenvalue weighted by molar-refractivity contribution is 5.86. The highest BCUT2D eigenvalue weighted by atomic mass is 19.3. The van der Waals surface area contributed by atoms with Crippen LogP contribution in [0.2, 0.25) is 0 Å². The molecule has 1 unspecified atom stereocenters. The summed E-state index contributed by atoms with van der Waals surface area (Å²) in [7, 11) is 0. The van der Waals surface area contributed by atoms with E-state index in [4.69, 9.17) is 5.11 Å². The molecule has 162 valence electrons. The number of aliphatic hydroxyl groups excluding tert-OH is 1. The molecule has 1 aliphatic carbocycles. The number of unbranched alkanes of at least 4 members (excludes halogenated alkanes) is 3. The normalized spacial score (nSPS) is 22.8. The van der Waals surface area contributed by atoms with E-state index in [9.17, 15) is 28.3 Å². The van der Waals surface area contributed by atoms with Crippen LogP contribution in [0.25, 0.3) is 0 Å². The summed E-state index contributed by atoms with van der Waals surface area (Å²) in [4.78, 5) is 34.6. The van der Waals surface area contributed by atoms with Crippen LogP contribution in [0.4, 0.5) is 8.78 Å². The van der Waals surface area contributed by atoms with Crippen LogP contribution in [0.3, 0.4) is 0 Å². The number of carbonyl (C=O) groups excluding carboxylic acids is 2. The number of carboxylic acids is 1. The van der Waals surface area contributed by atoms with Gasteiger partial charge in [0.2, 0.25) is 5.78 Å². The highest BCUT2D eigenvalue weighted by Crippen LogP contribution is 2.37. The van der Waals surface area contributed by atoms with Gasteiger partial charge in [-0.25, -0.2) is 0 Å². The van der Waals surface area contributed by atoms with Gasteiger partial charge in [0.15, 0.2) is 0 Å². The van der Waals surface area contributed by atoms with E-state index in [2.05, 4.69) is 0 Å². The Balaban J connectivity index is 2.47. The molecule has 3 atom stereocenters. The van der Waals surface area contributed by atoms with Crippen molar-refractivity contribution in [2.24, 2.45) is 17.8 Å². The molecule has 0 heterocycles. The summed E-state index contributed by atoms with van der Waals surface area (Å²) in [6, 6.07) is 0. The topological polar surface area (TPSA) is 91.7 Å². The van der Waals surface area contributed by atoms with Crippen molar-refractivity contribution in [3.8, 4) is 0 Å². The average molecular weight is 404 g/mol. The minimum absolute atomic E-state index is 0.0201. The molecular formula is C21H34F2O5. The Kier molecular flexibility index (Phi) is 10.2. The van der Waals surface area contributed by atoms with Crippen molar-refractivity contribution in [3.05, 3.63) is 0 Å². The van der Waals surface area contributed by atoms with E-state index in [1.165, 1.54) is 0 Å². The van der Waals surface area contributed by atoms with E-state index < -0.39 is 42.0 Å². The van der Waals surface area contributed by atoms with Crippen molar-refractivity contribution >= 4 is 17.5 Å². The fourth-order valence-corrected chi connectivity index (χ4v) is 3.87. The summed E-state index contributed by atoms with van der Waals surface area (Å²) in [6.45, 7) is 3.65. The van der Waals surface area contributed by atoms with E-state index >= 15 is 0 Å². The van der Waals surface area contributed by atoms with Crippen LogP contribution < -0.4 is 0 Å². The zero-order valence-corrected chi connectivity index (χ0v) is 17.0. The van der Waals surface area contributed by atoms with Gasteiger partial charge in [0, 0.05) is 31.6 Å². The molecule has 0 aromatic rings. The number of hydrogen-bond acceptors (Lipinski definition) is 4. The molecule has 5 nitrogen and oxygen atoms in total. The Bertz CT molecular complexity index is 533. The van der Waals surface area contributed by atoms with Crippen LogP contribution in [-0.2, 0) is 14.4 Å². The first kappa shape index (κ1) is 24.7. The molecule has 28 heavy (non-hydrogen) atoms. The number of carbonyl (C=O) groups is 3. The van der Waals surface area contributed by atoms with Crippen LogP contribution in [-0.4, -0.2) is 39.8 Å². The molecule has 7 heteroatoms. The smallest absolute Gasteiger partial charge is 0.305 e. The molecule has 0 aliphatic heterocycles. The molecule has 0 aromatic heterocycles. The highest BCUT2D eigenvalue weighted by Gasteiger charge is 2.43. The zero-order valence-electron chi connectivity index (χ0n) is 17.0. The number of aliphatic carboxylic acids is 1. The lowest BCUT2D eigenvalue weighted by Gasteiger charge is -2.22. The second-order valence-corrected chi connectivity index (χ2v) is 8.45. The molecule has 1 aliphatic rings. The van der Waals surface area contributed by atoms with Gasteiger partial charge in [-0.2, -0.15) is 8.78 Å². The van der Waals surface area contributed by atoms with Crippen molar-refractivity contribution in [2.75, 3.05) is 0 Å².